The van der Waals surface area contributed by atoms with Crippen LogP contribution in [0.5, 0.6) is 11.5 Å². The summed E-state index contributed by atoms with van der Waals surface area (Å²) in [6, 6.07) is 5.12. The van der Waals surface area contributed by atoms with Crippen LogP contribution in [-0.2, 0) is 25.5 Å². The lowest BCUT2D eigenvalue weighted by molar-refractivity contribution is -0.250. The van der Waals surface area contributed by atoms with Gasteiger partial charge < -0.3 is 18.9 Å². The average molecular weight is 332 g/mol. The van der Waals surface area contributed by atoms with E-state index in [1.165, 1.54) is 28.1 Å². The quantitative estimate of drug-likeness (QED) is 0.467. The third kappa shape index (κ3) is 3.16. The Morgan fingerprint density at radius 1 is 1.08 bits per heavy atom. The zero-order valence-electron chi connectivity index (χ0n) is 14.2. The van der Waals surface area contributed by atoms with E-state index in [1.54, 1.807) is 18.2 Å². The smallest absolute Gasteiger partial charge is 0.328 e. The van der Waals surface area contributed by atoms with Gasteiger partial charge in [-0.15, -0.1) is 12.3 Å². The standard InChI is InChI=1S/C18H20O6/c1-6-9-18(15(19)23-17(2,3)24-16(18)20)11-12-7-8-13(21-4)14(10-12)22-5/h1,7-8,10H,9,11H2,2-5H3. The van der Waals surface area contributed by atoms with Gasteiger partial charge >= 0.3 is 11.9 Å². The minimum absolute atomic E-state index is 0.0469. The molecule has 1 heterocycles. The first kappa shape index (κ1) is 17.7. The van der Waals surface area contributed by atoms with Crippen molar-refractivity contribution in [2.75, 3.05) is 14.2 Å². The Labute approximate surface area is 141 Å². The molecule has 1 aromatic carbocycles. The molecule has 0 atom stereocenters. The van der Waals surface area contributed by atoms with Gasteiger partial charge in [-0.1, -0.05) is 6.07 Å². The Hall–Kier alpha value is -2.68. The minimum atomic E-state index is -1.57. The van der Waals surface area contributed by atoms with Crippen LogP contribution in [0.25, 0.3) is 0 Å². The summed E-state index contributed by atoms with van der Waals surface area (Å²) >= 11 is 0. The van der Waals surface area contributed by atoms with E-state index in [0.717, 1.165) is 0 Å². The van der Waals surface area contributed by atoms with E-state index in [9.17, 15) is 9.59 Å². The van der Waals surface area contributed by atoms with Crippen molar-refractivity contribution in [3.8, 4) is 23.8 Å². The van der Waals surface area contributed by atoms with Gasteiger partial charge in [0.2, 0.25) is 0 Å². The maximum atomic E-state index is 12.5. The molecule has 0 bridgehead atoms. The molecule has 0 unspecified atom stereocenters. The molecule has 0 aromatic heterocycles. The lowest BCUT2D eigenvalue weighted by atomic mass is 9.78. The number of carbonyl (C=O) groups excluding carboxylic acids is 2. The molecule has 1 aliphatic rings. The molecular formula is C18H20O6. The molecule has 1 aromatic rings. The predicted molar refractivity (Wildman–Crippen MR) is 85.4 cm³/mol. The Morgan fingerprint density at radius 2 is 1.67 bits per heavy atom. The van der Waals surface area contributed by atoms with Gasteiger partial charge in [-0.25, -0.2) is 0 Å². The number of hydrogen-bond donors (Lipinski definition) is 0. The SMILES string of the molecule is C#CCC1(Cc2ccc(OC)c(OC)c2)C(=O)OC(C)(C)OC1=O. The minimum Gasteiger partial charge on any atom is -0.493 e. The van der Waals surface area contributed by atoms with Gasteiger partial charge in [-0.3, -0.25) is 9.59 Å². The van der Waals surface area contributed by atoms with Crippen LogP contribution in [0, 0.1) is 17.8 Å². The van der Waals surface area contributed by atoms with Gasteiger partial charge in [0.05, 0.1) is 14.2 Å². The van der Waals surface area contributed by atoms with E-state index < -0.39 is 23.1 Å². The van der Waals surface area contributed by atoms with Crippen LogP contribution in [0.4, 0.5) is 0 Å². The van der Waals surface area contributed by atoms with Crippen molar-refractivity contribution in [1.29, 1.82) is 0 Å². The number of rotatable bonds is 5. The molecule has 1 saturated heterocycles. The summed E-state index contributed by atoms with van der Waals surface area (Å²) in [4.78, 5) is 25.1. The van der Waals surface area contributed by atoms with Gasteiger partial charge in [0.15, 0.2) is 16.9 Å². The fourth-order valence-corrected chi connectivity index (χ4v) is 2.61. The Balaban J connectivity index is 2.41. The van der Waals surface area contributed by atoms with Crippen molar-refractivity contribution >= 4 is 11.9 Å². The highest BCUT2D eigenvalue weighted by atomic mass is 16.7. The Morgan fingerprint density at radius 3 is 2.17 bits per heavy atom. The second kappa shape index (κ2) is 6.44. The molecule has 1 aliphatic heterocycles. The van der Waals surface area contributed by atoms with Crippen LogP contribution in [0.2, 0.25) is 0 Å². The molecule has 24 heavy (non-hydrogen) atoms. The highest BCUT2D eigenvalue weighted by Gasteiger charge is 2.55. The van der Waals surface area contributed by atoms with Gasteiger partial charge in [-0.2, -0.15) is 0 Å². The van der Waals surface area contributed by atoms with Crippen molar-refractivity contribution in [3.05, 3.63) is 23.8 Å². The highest BCUT2D eigenvalue weighted by molar-refractivity contribution is 6.02. The molecule has 0 aliphatic carbocycles. The molecular weight excluding hydrogens is 312 g/mol. The van der Waals surface area contributed by atoms with E-state index >= 15 is 0 Å². The zero-order valence-corrected chi connectivity index (χ0v) is 14.2. The lowest BCUT2D eigenvalue weighted by Crippen LogP contribution is -2.54. The molecule has 0 radical (unpaired) electrons. The van der Waals surface area contributed by atoms with Crippen LogP contribution >= 0.6 is 0 Å². The number of benzene rings is 1. The number of cyclic esters (lactones) is 2. The van der Waals surface area contributed by atoms with Crippen molar-refractivity contribution in [2.45, 2.75) is 32.5 Å². The zero-order chi connectivity index (χ0) is 18.0. The predicted octanol–water partition coefficient (Wildman–Crippen LogP) is 2.09. The maximum Gasteiger partial charge on any atom is 0.328 e. The van der Waals surface area contributed by atoms with Crippen molar-refractivity contribution in [1.82, 2.24) is 0 Å². The first-order valence-electron chi connectivity index (χ1n) is 7.39. The monoisotopic (exact) mass is 332 g/mol. The summed E-state index contributed by atoms with van der Waals surface area (Å²) < 4.78 is 20.9. The van der Waals surface area contributed by atoms with E-state index in [1.807, 2.05) is 0 Å². The van der Waals surface area contributed by atoms with E-state index in [4.69, 9.17) is 25.4 Å². The largest absolute Gasteiger partial charge is 0.493 e. The van der Waals surface area contributed by atoms with Crippen LogP contribution in [-0.4, -0.2) is 31.9 Å². The summed E-state index contributed by atoms with van der Waals surface area (Å²) in [5.74, 6) is 0.744. The number of ether oxygens (including phenoxy) is 4. The second-order valence-corrected chi connectivity index (χ2v) is 6.01. The van der Waals surface area contributed by atoms with E-state index in [-0.39, 0.29) is 12.8 Å². The van der Waals surface area contributed by atoms with Crippen LogP contribution < -0.4 is 9.47 Å². The third-order valence-electron chi connectivity index (χ3n) is 3.82. The molecule has 1 fully saturated rings. The summed E-state index contributed by atoms with van der Waals surface area (Å²) in [6.07, 6.45) is 5.31. The average Bonchev–Trinajstić information content (AvgIpc) is 2.51. The first-order chi connectivity index (χ1) is 11.3. The Kier molecular flexibility index (Phi) is 4.74. The van der Waals surface area contributed by atoms with Gasteiger partial charge in [0, 0.05) is 26.7 Å². The first-order valence-corrected chi connectivity index (χ1v) is 7.39. The molecule has 0 amide bonds. The number of carbonyl (C=O) groups is 2. The van der Waals surface area contributed by atoms with Crippen LogP contribution in [0.15, 0.2) is 18.2 Å². The van der Waals surface area contributed by atoms with Crippen LogP contribution in [0.3, 0.4) is 0 Å². The normalized spacial score (nSPS) is 18.1. The fourth-order valence-electron chi connectivity index (χ4n) is 2.61. The van der Waals surface area contributed by atoms with Gasteiger partial charge in [0.25, 0.3) is 5.79 Å². The number of terminal acetylenes is 1. The Bertz CT molecular complexity index is 678. The van der Waals surface area contributed by atoms with E-state index in [0.29, 0.717) is 17.1 Å². The van der Waals surface area contributed by atoms with Crippen LogP contribution in [0.1, 0.15) is 25.8 Å². The number of methoxy groups -OCH3 is 2. The third-order valence-corrected chi connectivity index (χ3v) is 3.82. The van der Waals surface area contributed by atoms with Crippen molar-refractivity contribution in [3.63, 3.8) is 0 Å². The summed E-state index contributed by atoms with van der Waals surface area (Å²) in [5.41, 5.74) is -0.888. The second-order valence-electron chi connectivity index (χ2n) is 6.01. The lowest BCUT2D eigenvalue weighted by Gasteiger charge is -2.39. The molecule has 128 valence electrons. The summed E-state index contributed by atoms with van der Waals surface area (Å²) in [6.45, 7) is 3.00. The summed E-state index contributed by atoms with van der Waals surface area (Å²) in [7, 11) is 3.03. The van der Waals surface area contributed by atoms with Crippen molar-refractivity contribution < 1.29 is 28.5 Å². The van der Waals surface area contributed by atoms with Crippen molar-refractivity contribution in [2.24, 2.45) is 5.41 Å². The van der Waals surface area contributed by atoms with Gasteiger partial charge in [-0.05, 0) is 17.7 Å². The number of esters is 2. The molecule has 0 N–H and O–H groups in total. The highest BCUT2D eigenvalue weighted by Crippen LogP contribution is 2.39. The molecule has 0 spiro atoms. The van der Waals surface area contributed by atoms with Gasteiger partial charge in [0.1, 0.15) is 0 Å². The molecule has 6 nitrogen and oxygen atoms in total. The molecule has 2 rings (SSSR count). The van der Waals surface area contributed by atoms with E-state index in [2.05, 4.69) is 5.92 Å². The molecule has 6 heteroatoms. The summed E-state index contributed by atoms with van der Waals surface area (Å²) in [5, 5.41) is 0. The number of hydrogen-bond acceptors (Lipinski definition) is 6. The topological polar surface area (TPSA) is 71.1 Å². The molecule has 0 saturated carbocycles. The maximum absolute atomic E-state index is 12.5. The fraction of sp³-hybridized carbons (Fsp3) is 0.444.